The van der Waals surface area contributed by atoms with Crippen LogP contribution >= 0.6 is 0 Å². The molecular formula is C17H25O. The summed E-state index contributed by atoms with van der Waals surface area (Å²) in [6.45, 7) is 12.2. The molecule has 1 N–H and O–H groups in total. The van der Waals surface area contributed by atoms with Crippen LogP contribution in [-0.2, 0) is 0 Å². The molecule has 0 saturated carbocycles. The van der Waals surface area contributed by atoms with E-state index >= 15 is 0 Å². The number of hydrogen-bond donors (Lipinski definition) is 1. The molecule has 1 rings (SSSR count). The molecule has 99 valence electrons. The van der Waals surface area contributed by atoms with Gasteiger partial charge in [-0.2, -0.15) is 0 Å². The molecular weight excluding hydrogens is 220 g/mol. The predicted molar refractivity (Wildman–Crippen MR) is 78.1 cm³/mol. The average Bonchev–Trinajstić information content (AvgIpc) is 2.39. The third-order valence-electron chi connectivity index (χ3n) is 3.62. The highest BCUT2D eigenvalue weighted by Crippen LogP contribution is 2.32. The summed E-state index contributed by atoms with van der Waals surface area (Å²) in [4.78, 5) is 0. The van der Waals surface area contributed by atoms with Crippen molar-refractivity contribution >= 4 is 0 Å². The highest BCUT2D eigenvalue weighted by atomic mass is 16.3. The lowest BCUT2D eigenvalue weighted by molar-refractivity contribution is 0.118. The molecule has 0 aliphatic heterocycles. The molecule has 0 saturated heterocycles. The highest BCUT2D eigenvalue weighted by molar-refractivity contribution is 5.20. The van der Waals surface area contributed by atoms with Crippen LogP contribution in [0.25, 0.3) is 0 Å². The minimum Gasteiger partial charge on any atom is -0.388 e. The molecule has 0 bridgehead atoms. The lowest BCUT2D eigenvalue weighted by atomic mass is 9.84. The first-order chi connectivity index (χ1) is 8.56. The van der Waals surface area contributed by atoms with Gasteiger partial charge in [0.1, 0.15) is 0 Å². The van der Waals surface area contributed by atoms with Gasteiger partial charge in [0.25, 0.3) is 0 Å². The van der Waals surface area contributed by atoms with Crippen LogP contribution in [0.3, 0.4) is 0 Å². The van der Waals surface area contributed by atoms with Gasteiger partial charge in [-0.15, -0.1) is 0 Å². The predicted octanol–water partition coefficient (Wildman–Crippen LogP) is 4.55. The summed E-state index contributed by atoms with van der Waals surface area (Å²) in [5.74, 6) is 0.747. The van der Waals surface area contributed by atoms with Crippen molar-refractivity contribution in [3.63, 3.8) is 0 Å². The van der Waals surface area contributed by atoms with Crippen molar-refractivity contribution in [1.29, 1.82) is 0 Å². The Labute approximate surface area is 112 Å². The van der Waals surface area contributed by atoms with Gasteiger partial charge in [-0.3, -0.25) is 0 Å². The molecule has 0 aromatic heterocycles. The van der Waals surface area contributed by atoms with Gasteiger partial charge in [0.2, 0.25) is 0 Å². The van der Waals surface area contributed by atoms with E-state index in [1.165, 1.54) is 0 Å². The molecule has 3 atom stereocenters. The second-order valence-corrected chi connectivity index (χ2v) is 5.28. The van der Waals surface area contributed by atoms with Crippen molar-refractivity contribution in [3.8, 4) is 0 Å². The first-order valence-electron chi connectivity index (χ1n) is 6.74. The lowest BCUT2D eigenvalue weighted by Crippen LogP contribution is -2.15. The van der Waals surface area contributed by atoms with E-state index in [-0.39, 0.29) is 5.92 Å². The summed E-state index contributed by atoms with van der Waals surface area (Å²) in [6, 6.07) is 9.85. The summed E-state index contributed by atoms with van der Waals surface area (Å²) < 4.78 is 0. The van der Waals surface area contributed by atoms with Crippen LogP contribution in [0.1, 0.15) is 44.8 Å². The fraction of sp³-hybridized carbons (Fsp3) is 0.471. The topological polar surface area (TPSA) is 20.2 Å². The van der Waals surface area contributed by atoms with E-state index in [0.29, 0.717) is 5.92 Å². The average molecular weight is 245 g/mol. The van der Waals surface area contributed by atoms with Crippen LogP contribution in [-0.4, -0.2) is 5.11 Å². The van der Waals surface area contributed by atoms with E-state index in [9.17, 15) is 5.11 Å². The molecule has 0 spiro atoms. The van der Waals surface area contributed by atoms with Gasteiger partial charge in [-0.1, -0.05) is 69.2 Å². The van der Waals surface area contributed by atoms with Gasteiger partial charge in [0.05, 0.1) is 6.10 Å². The molecule has 0 fully saturated rings. The molecule has 0 aliphatic rings. The van der Waals surface area contributed by atoms with Crippen molar-refractivity contribution in [3.05, 3.63) is 55.0 Å². The van der Waals surface area contributed by atoms with Crippen molar-refractivity contribution < 1.29 is 5.11 Å². The maximum atomic E-state index is 10.5. The molecule has 1 aromatic rings. The van der Waals surface area contributed by atoms with E-state index in [0.717, 1.165) is 30.4 Å². The van der Waals surface area contributed by atoms with Gasteiger partial charge >= 0.3 is 0 Å². The summed E-state index contributed by atoms with van der Waals surface area (Å²) in [6.07, 6.45) is 2.57. The Hall–Kier alpha value is -1.08. The van der Waals surface area contributed by atoms with E-state index in [1.54, 1.807) is 0 Å². The van der Waals surface area contributed by atoms with Crippen molar-refractivity contribution in [2.24, 2.45) is 11.8 Å². The Kier molecular flexibility index (Phi) is 6.14. The fourth-order valence-electron chi connectivity index (χ4n) is 2.16. The molecule has 0 amide bonds. The number of aliphatic hydroxyl groups excluding tert-OH is 1. The standard InChI is InChI=1S/C17H25O/c1-5-14(4)11-12-16(13(2)3)17(18)15-9-7-6-8-10-15/h6-10,14,16-18H,1-2,5,11-12H2,3-4H3. The maximum Gasteiger partial charge on any atom is 0.0855 e. The summed E-state index contributed by atoms with van der Waals surface area (Å²) >= 11 is 0. The first-order valence-corrected chi connectivity index (χ1v) is 6.74. The third kappa shape index (κ3) is 4.30. The molecule has 0 heterocycles. The Morgan fingerprint density at radius 3 is 2.33 bits per heavy atom. The summed E-state index contributed by atoms with van der Waals surface area (Å²) in [5, 5.41) is 10.5. The van der Waals surface area contributed by atoms with Gasteiger partial charge in [0.15, 0.2) is 0 Å². The Morgan fingerprint density at radius 2 is 1.83 bits per heavy atom. The van der Waals surface area contributed by atoms with Crippen molar-refractivity contribution in [1.82, 2.24) is 0 Å². The Morgan fingerprint density at radius 1 is 1.22 bits per heavy atom. The molecule has 18 heavy (non-hydrogen) atoms. The van der Waals surface area contributed by atoms with E-state index in [4.69, 9.17) is 0 Å². The molecule has 1 heteroatoms. The molecule has 3 unspecified atom stereocenters. The molecule has 1 aromatic carbocycles. The first kappa shape index (κ1) is 15.0. The monoisotopic (exact) mass is 245 g/mol. The molecule has 1 radical (unpaired) electrons. The van der Waals surface area contributed by atoms with Crippen molar-refractivity contribution in [2.75, 3.05) is 0 Å². The largest absolute Gasteiger partial charge is 0.388 e. The van der Waals surface area contributed by atoms with Crippen LogP contribution in [0, 0.1) is 18.8 Å². The Bertz CT molecular complexity index is 355. The van der Waals surface area contributed by atoms with Crippen LogP contribution in [0.2, 0.25) is 0 Å². The summed E-state index contributed by atoms with van der Waals surface area (Å²) in [5.41, 5.74) is 2.04. The van der Waals surface area contributed by atoms with Crippen molar-refractivity contribution in [2.45, 2.75) is 39.2 Å². The van der Waals surface area contributed by atoms with Crippen LogP contribution < -0.4 is 0 Å². The highest BCUT2D eigenvalue weighted by Gasteiger charge is 2.21. The van der Waals surface area contributed by atoms with Crippen LogP contribution in [0.5, 0.6) is 0 Å². The van der Waals surface area contributed by atoms with Crippen LogP contribution in [0.15, 0.2) is 42.5 Å². The zero-order valence-corrected chi connectivity index (χ0v) is 11.6. The second kappa shape index (κ2) is 7.38. The quantitative estimate of drug-likeness (QED) is 0.699. The minimum atomic E-state index is -0.444. The van der Waals surface area contributed by atoms with E-state index < -0.39 is 6.10 Å². The maximum absolute atomic E-state index is 10.5. The van der Waals surface area contributed by atoms with Gasteiger partial charge in [-0.25, -0.2) is 0 Å². The Balaban J connectivity index is 2.70. The SMILES string of the molecule is [CH2]CC(C)CCC(C(=C)C)C(O)c1ccccc1. The number of aliphatic hydroxyl groups is 1. The fourth-order valence-corrected chi connectivity index (χ4v) is 2.16. The third-order valence-corrected chi connectivity index (χ3v) is 3.62. The second-order valence-electron chi connectivity index (χ2n) is 5.28. The molecule has 0 aliphatic carbocycles. The number of benzene rings is 1. The van der Waals surface area contributed by atoms with E-state index in [2.05, 4.69) is 20.4 Å². The summed E-state index contributed by atoms with van der Waals surface area (Å²) in [7, 11) is 0. The number of rotatable bonds is 7. The lowest BCUT2D eigenvalue weighted by Gasteiger charge is -2.25. The zero-order valence-electron chi connectivity index (χ0n) is 11.6. The van der Waals surface area contributed by atoms with Gasteiger partial charge in [-0.05, 0) is 24.8 Å². The van der Waals surface area contributed by atoms with Gasteiger partial charge in [0, 0.05) is 5.92 Å². The van der Waals surface area contributed by atoms with Gasteiger partial charge < -0.3 is 5.11 Å². The van der Waals surface area contributed by atoms with Crippen LogP contribution in [0.4, 0.5) is 0 Å². The molecule has 1 nitrogen and oxygen atoms in total. The normalized spacial score (nSPS) is 16.0. The smallest absolute Gasteiger partial charge is 0.0855 e. The minimum absolute atomic E-state index is 0.140. The number of hydrogen-bond acceptors (Lipinski definition) is 1. The van der Waals surface area contributed by atoms with E-state index in [1.807, 2.05) is 37.3 Å². The zero-order chi connectivity index (χ0) is 13.5.